The van der Waals surface area contributed by atoms with E-state index in [1.54, 1.807) is 17.8 Å². The van der Waals surface area contributed by atoms with Crippen molar-refractivity contribution in [3.05, 3.63) is 33.4 Å². The van der Waals surface area contributed by atoms with E-state index in [1.807, 2.05) is 12.3 Å². The number of nitrogens with one attached hydrogen (secondary N) is 1. The second-order valence-electron chi connectivity index (χ2n) is 5.32. The fourth-order valence-corrected chi connectivity index (χ4v) is 3.17. The van der Waals surface area contributed by atoms with Gasteiger partial charge < -0.3 is 15.6 Å². The van der Waals surface area contributed by atoms with E-state index in [1.165, 1.54) is 11.3 Å². The van der Waals surface area contributed by atoms with Crippen LogP contribution in [-0.2, 0) is 20.0 Å². The highest BCUT2D eigenvalue weighted by Crippen LogP contribution is 2.30. The van der Waals surface area contributed by atoms with Gasteiger partial charge in [-0.3, -0.25) is 0 Å². The number of rotatable bonds is 5. The minimum atomic E-state index is -0.363. The van der Waals surface area contributed by atoms with Crippen LogP contribution in [0.5, 0.6) is 0 Å². The lowest BCUT2D eigenvalue weighted by Crippen LogP contribution is -2.20. The molecule has 0 fully saturated rings. The lowest BCUT2D eigenvalue weighted by molar-refractivity contribution is 0.586. The van der Waals surface area contributed by atoms with E-state index in [0.29, 0.717) is 35.5 Å². The van der Waals surface area contributed by atoms with Crippen LogP contribution in [0.1, 0.15) is 17.6 Å². The van der Waals surface area contributed by atoms with E-state index < -0.39 is 0 Å². The predicted molar refractivity (Wildman–Crippen MR) is 97.5 cm³/mol. The standard InChI is InChI=1S/C14H16ClFN6S.ClH/c1-7(17)5-8-11(16)10-12(19-6-9-18-3-4-23-9)20-14(15)21-13(10)22(8)2;/h3-4,7H,5-6,17H2,1-2H3,(H,19,20,21);1H. The van der Waals surface area contributed by atoms with Crippen molar-refractivity contribution in [2.45, 2.75) is 25.9 Å². The molecule has 3 aromatic rings. The van der Waals surface area contributed by atoms with Crippen LogP contribution < -0.4 is 11.1 Å². The second-order valence-corrected chi connectivity index (χ2v) is 6.64. The van der Waals surface area contributed by atoms with Crippen molar-refractivity contribution < 1.29 is 4.39 Å². The van der Waals surface area contributed by atoms with Gasteiger partial charge in [0.15, 0.2) is 5.82 Å². The summed E-state index contributed by atoms with van der Waals surface area (Å²) in [7, 11) is 1.75. The van der Waals surface area contributed by atoms with Crippen molar-refractivity contribution in [2.24, 2.45) is 12.8 Å². The summed E-state index contributed by atoms with van der Waals surface area (Å²) < 4.78 is 16.5. The topological polar surface area (TPSA) is 81.7 Å². The summed E-state index contributed by atoms with van der Waals surface area (Å²) in [6.45, 7) is 2.27. The Morgan fingerprint density at radius 3 is 2.83 bits per heavy atom. The maximum absolute atomic E-state index is 14.9. The van der Waals surface area contributed by atoms with Crippen molar-refractivity contribution in [1.82, 2.24) is 19.5 Å². The molecule has 6 nitrogen and oxygen atoms in total. The lowest BCUT2D eigenvalue weighted by atomic mass is 10.2. The molecule has 3 N–H and O–H groups in total. The molecule has 0 saturated heterocycles. The molecule has 0 aliphatic carbocycles. The molecule has 0 amide bonds. The highest BCUT2D eigenvalue weighted by Gasteiger charge is 2.22. The van der Waals surface area contributed by atoms with Crippen LogP contribution in [0.25, 0.3) is 11.0 Å². The largest absolute Gasteiger partial charge is 0.363 e. The average molecular weight is 391 g/mol. The summed E-state index contributed by atoms with van der Waals surface area (Å²) in [5, 5.41) is 6.23. The fraction of sp³-hybridized carbons (Fsp3) is 0.357. The van der Waals surface area contributed by atoms with Crippen molar-refractivity contribution in [3.63, 3.8) is 0 Å². The van der Waals surface area contributed by atoms with Gasteiger partial charge in [-0.1, -0.05) is 0 Å². The monoisotopic (exact) mass is 390 g/mol. The number of fused-ring (bicyclic) bond motifs is 1. The molecule has 24 heavy (non-hydrogen) atoms. The number of thiazole rings is 1. The molecule has 3 aromatic heterocycles. The first-order valence-electron chi connectivity index (χ1n) is 7.05. The molecule has 0 aromatic carbocycles. The number of halogens is 3. The number of hydrogen-bond acceptors (Lipinski definition) is 6. The van der Waals surface area contributed by atoms with E-state index in [4.69, 9.17) is 17.3 Å². The summed E-state index contributed by atoms with van der Waals surface area (Å²) in [6, 6.07) is -0.164. The van der Waals surface area contributed by atoms with E-state index in [-0.39, 0.29) is 29.5 Å². The number of nitrogens with zero attached hydrogens (tertiary/aromatic N) is 4. The average Bonchev–Trinajstić information content (AvgIpc) is 3.08. The molecule has 0 radical (unpaired) electrons. The van der Waals surface area contributed by atoms with Gasteiger partial charge in [-0.25, -0.2) is 9.37 Å². The molecular formula is C14H17Cl2FN6S. The van der Waals surface area contributed by atoms with Gasteiger partial charge in [0.2, 0.25) is 5.28 Å². The van der Waals surface area contributed by atoms with Crippen LogP contribution in [0.3, 0.4) is 0 Å². The zero-order valence-electron chi connectivity index (χ0n) is 13.1. The molecule has 1 atom stereocenters. The van der Waals surface area contributed by atoms with E-state index in [9.17, 15) is 4.39 Å². The Labute approximate surface area is 153 Å². The summed E-state index contributed by atoms with van der Waals surface area (Å²) >= 11 is 7.50. The maximum atomic E-state index is 14.9. The molecule has 0 aliphatic rings. The third-order valence-corrected chi connectivity index (χ3v) is 4.41. The zero-order chi connectivity index (χ0) is 16.6. The van der Waals surface area contributed by atoms with Gasteiger partial charge in [-0.05, 0) is 18.5 Å². The third-order valence-electron chi connectivity index (χ3n) is 3.46. The van der Waals surface area contributed by atoms with Crippen LogP contribution >= 0.6 is 35.3 Å². The Morgan fingerprint density at radius 2 is 2.21 bits per heavy atom. The van der Waals surface area contributed by atoms with Crippen LogP contribution in [0.4, 0.5) is 10.2 Å². The second kappa shape index (κ2) is 7.60. The Morgan fingerprint density at radius 1 is 1.46 bits per heavy atom. The minimum absolute atomic E-state index is 0. The van der Waals surface area contributed by atoms with E-state index in [2.05, 4.69) is 20.3 Å². The molecule has 0 aliphatic heterocycles. The van der Waals surface area contributed by atoms with Crippen LogP contribution in [-0.4, -0.2) is 25.6 Å². The molecule has 3 heterocycles. The van der Waals surface area contributed by atoms with Gasteiger partial charge in [0.05, 0.1) is 17.6 Å². The van der Waals surface area contributed by atoms with Crippen molar-refractivity contribution in [3.8, 4) is 0 Å². The Balaban J connectivity index is 0.00000208. The molecular weight excluding hydrogens is 374 g/mol. The van der Waals surface area contributed by atoms with Gasteiger partial charge in [-0.2, -0.15) is 9.97 Å². The summed E-state index contributed by atoms with van der Waals surface area (Å²) in [5.41, 5.74) is 6.74. The van der Waals surface area contributed by atoms with Crippen molar-refractivity contribution in [2.75, 3.05) is 5.32 Å². The Kier molecular flexibility index (Phi) is 5.97. The van der Waals surface area contributed by atoms with Crippen molar-refractivity contribution >= 4 is 52.2 Å². The molecule has 0 bridgehead atoms. The molecule has 0 spiro atoms. The predicted octanol–water partition coefficient (Wildman–Crippen LogP) is 3.14. The number of hydrogen-bond donors (Lipinski definition) is 2. The molecule has 3 rings (SSSR count). The first kappa shape index (κ1) is 18.9. The molecule has 1 unspecified atom stereocenters. The lowest BCUT2D eigenvalue weighted by Gasteiger charge is -2.06. The first-order valence-corrected chi connectivity index (χ1v) is 8.31. The van der Waals surface area contributed by atoms with E-state index in [0.717, 1.165) is 5.01 Å². The quantitative estimate of drug-likeness (QED) is 0.653. The summed E-state index contributed by atoms with van der Waals surface area (Å²) in [6.07, 6.45) is 2.12. The normalized spacial score (nSPS) is 12.2. The third kappa shape index (κ3) is 3.61. The van der Waals surface area contributed by atoms with Gasteiger partial charge in [0.1, 0.15) is 16.5 Å². The molecule has 130 valence electrons. The number of aromatic nitrogens is 4. The molecule has 10 heteroatoms. The number of anilines is 1. The zero-order valence-corrected chi connectivity index (χ0v) is 15.5. The Hall–Kier alpha value is -1.48. The van der Waals surface area contributed by atoms with E-state index >= 15 is 0 Å². The number of aryl methyl sites for hydroxylation is 1. The summed E-state index contributed by atoms with van der Waals surface area (Å²) in [5.74, 6) is -0.00247. The Bertz CT molecular complexity index is 834. The van der Waals surface area contributed by atoms with Crippen molar-refractivity contribution in [1.29, 1.82) is 0 Å². The highest BCUT2D eigenvalue weighted by molar-refractivity contribution is 7.09. The van der Waals surface area contributed by atoms with Gasteiger partial charge >= 0.3 is 0 Å². The van der Waals surface area contributed by atoms with Gasteiger partial charge in [0, 0.05) is 31.1 Å². The fourth-order valence-electron chi connectivity index (χ4n) is 2.45. The van der Waals surface area contributed by atoms with Crippen LogP contribution in [0.2, 0.25) is 5.28 Å². The molecule has 0 saturated carbocycles. The maximum Gasteiger partial charge on any atom is 0.226 e. The first-order chi connectivity index (χ1) is 11.0. The smallest absolute Gasteiger partial charge is 0.226 e. The van der Waals surface area contributed by atoms with Gasteiger partial charge in [-0.15, -0.1) is 23.7 Å². The summed E-state index contributed by atoms with van der Waals surface area (Å²) in [4.78, 5) is 12.5. The number of nitrogens with two attached hydrogens (primary N) is 1. The minimum Gasteiger partial charge on any atom is -0.363 e. The van der Waals surface area contributed by atoms with Crippen LogP contribution in [0.15, 0.2) is 11.6 Å². The van der Waals surface area contributed by atoms with Gasteiger partial charge in [0.25, 0.3) is 0 Å². The SMILES string of the molecule is CC(N)Cc1c(F)c2c(NCc3nccs3)nc(Cl)nc2n1C.Cl. The highest BCUT2D eigenvalue weighted by atomic mass is 35.5. The van der Waals surface area contributed by atoms with Crippen LogP contribution in [0, 0.1) is 5.82 Å².